The number of aryl methyl sites for hydroxylation is 2. The van der Waals surface area contributed by atoms with Gasteiger partial charge in [0.2, 0.25) is 14.2 Å². The zero-order chi connectivity index (χ0) is 40.7. The topological polar surface area (TPSA) is 168 Å². The second-order valence-corrected chi connectivity index (χ2v) is 17.7. The number of nitrogens with zero attached hydrogens (tertiary/aromatic N) is 6. The summed E-state index contributed by atoms with van der Waals surface area (Å²) in [6.07, 6.45) is 2.81. The molecule has 8 rings (SSSR count). The zero-order valence-corrected chi connectivity index (χ0v) is 34.8. The highest BCUT2D eigenvalue weighted by Crippen LogP contribution is 2.27. The molecule has 0 atom stereocenters. The van der Waals surface area contributed by atoms with E-state index in [-0.39, 0.29) is 53.8 Å². The van der Waals surface area contributed by atoms with Gasteiger partial charge in [0.1, 0.15) is 22.1 Å². The first kappa shape index (κ1) is 49.1. The van der Waals surface area contributed by atoms with Crippen molar-refractivity contribution in [3.63, 3.8) is 0 Å². The first-order valence-electron chi connectivity index (χ1n) is 17.4. The van der Waals surface area contributed by atoms with Crippen molar-refractivity contribution in [2.24, 2.45) is 5.73 Å². The Morgan fingerprint density at radius 3 is 1.58 bits per heavy atom. The molecule has 0 bridgehead atoms. The van der Waals surface area contributed by atoms with E-state index in [4.69, 9.17) is 28.9 Å². The lowest BCUT2D eigenvalue weighted by Crippen LogP contribution is -2.19. The highest BCUT2D eigenvalue weighted by atomic mass is 35.5. The van der Waals surface area contributed by atoms with E-state index in [0.29, 0.717) is 50.0 Å². The molecular formula is C43H48Cl2N8O4S3. The quantitative estimate of drug-likeness (QED) is 0.150. The fourth-order valence-electron chi connectivity index (χ4n) is 5.50. The summed E-state index contributed by atoms with van der Waals surface area (Å²) in [4.78, 5) is 42.5. The van der Waals surface area contributed by atoms with E-state index in [1.54, 1.807) is 18.2 Å². The van der Waals surface area contributed by atoms with Gasteiger partial charge in [-0.2, -0.15) is 4.98 Å². The van der Waals surface area contributed by atoms with E-state index in [2.05, 4.69) is 25.3 Å². The summed E-state index contributed by atoms with van der Waals surface area (Å²) in [6, 6.07) is 30.8. The van der Waals surface area contributed by atoms with Crippen LogP contribution in [0.3, 0.4) is 0 Å². The van der Waals surface area contributed by atoms with Crippen LogP contribution >= 0.6 is 45.9 Å². The predicted molar refractivity (Wildman–Crippen MR) is 252 cm³/mol. The maximum Gasteiger partial charge on any atom is 0.277 e. The predicted octanol–water partition coefficient (Wildman–Crippen LogP) is 10.1. The number of para-hydroxylation sites is 2. The molecule has 17 heteroatoms. The molecule has 0 spiro atoms. The van der Waals surface area contributed by atoms with E-state index >= 15 is 0 Å². The van der Waals surface area contributed by atoms with Gasteiger partial charge in [-0.3, -0.25) is 18.7 Å². The molecule has 60 heavy (non-hydrogen) atoms. The molecule has 0 amide bonds. The maximum absolute atomic E-state index is 12.9. The molecule has 3 N–H and O–H groups in total. The van der Waals surface area contributed by atoms with Crippen molar-refractivity contribution >= 4 is 81.5 Å². The Bertz CT molecular complexity index is 2860. The summed E-state index contributed by atoms with van der Waals surface area (Å²) in [5, 5.41) is 4.85. The number of halogens is 2. The minimum Gasteiger partial charge on any atom is -0.357 e. The number of benzene rings is 4. The minimum absolute atomic E-state index is 0. The number of sulfone groups is 1. The number of hydrogen-bond acceptors (Lipinski definition) is 12. The van der Waals surface area contributed by atoms with Crippen molar-refractivity contribution in [3.05, 3.63) is 163 Å². The molecule has 0 aliphatic carbocycles. The monoisotopic (exact) mass is 906 g/mol. The van der Waals surface area contributed by atoms with E-state index in [1.807, 2.05) is 92.7 Å². The van der Waals surface area contributed by atoms with Crippen molar-refractivity contribution in [1.82, 2.24) is 29.1 Å². The number of nitrogens with two attached hydrogens (primary N) is 1. The number of aromatic nitrogens is 6. The van der Waals surface area contributed by atoms with Crippen LogP contribution in [0.5, 0.6) is 0 Å². The standard InChI is InChI=1S/C19H15ClN4OS.C14H12ClN3O3S2.C7H9N.3CH4/c1-12-6-5-9-14(20)15(12)24-11-22-17-16(18(24)25)26-19(23-17)21-10-13-7-3-2-4-8-13;1-3-23(20,21)14-17-12-11(22-14)13(19)18(7-16-12)10-8(2)5-4-6-9(10)15;8-6-7-4-2-1-3-5-7;;;/h2-9,11H,10H2,1H3,(H,21,23);4-7H,3H2,1-2H3;1-5H,6,8H2;3*1H4. The molecule has 4 aromatic carbocycles. The second kappa shape index (κ2) is 21.8. The molecule has 316 valence electrons. The van der Waals surface area contributed by atoms with Crippen LogP contribution in [0.1, 0.15) is 51.5 Å². The van der Waals surface area contributed by atoms with Crippen LogP contribution in [0, 0.1) is 13.8 Å². The minimum atomic E-state index is -3.48. The van der Waals surface area contributed by atoms with Crippen LogP contribution in [-0.2, 0) is 22.9 Å². The first-order chi connectivity index (χ1) is 27.4. The molecule has 0 aliphatic rings. The van der Waals surface area contributed by atoms with E-state index < -0.39 is 9.84 Å². The highest BCUT2D eigenvalue weighted by molar-refractivity contribution is 7.93. The molecule has 4 heterocycles. The molecule has 0 saturated heterocycles. The van der Waals surface area contributed by atoms with E-state index in [1.165, 1.54) is 45.6 Å². The second-order valence-electron chi connectivity index (χ2n) is 12.4. The third-order valence-corrected chi connectivity index (χ3v) is 13.3. The Morgan fingerprint density at radius 2 is 1.13 bits per heavy atom. The van der Waals surface area contributed by atoms with Crippen LogP contribution in [0.2, 0.25) is 10.0 Å². The van der Waals surface area contributed by atoms with Gasteiger partial charge in [0, 0.05) is 13.1 Å². The third kappa shape index (κ3) is 11.1. The number of thiazole rings is 2. The Balaban J connectivity index is 0.000000261. The summed E-state index contributed by atoms with van der Waals surface area (Å²) in [5.74, 6) is -0.0787. The van der Waals surface area contributed by atoms with Gasteiger partial charge in [0.15, 0.2) is 16.4 Å². The molecule has 4 aromatic heterocycles. The SMILES string of the molecule is C.C.C.CCS(=O)(=O)c1nc2ncn(-c3c(C)cccc3Cl)c(=O)c2s1.Cc1cccc(Cl)c1-n1cnc2nc(NCc3ccccc3)sc2c1=O.NCc1ccccc1. The first-order valence-corrected chi connectivity index (χ1v) is 21.5. The van der Waals surface area contributed by atoms with Crippen LogP contribution in [0.25, 0.3) is 32.1 Å². The summed E-state index contributed by atoms with van der Waals surface area (Å²) in [5.41, 5.74) is 10.6. The van der Waals surface area contributed by atoms with Crippen molar-refractivity contribution in [3.8, 4) is 11.4 Å². The number of rotatable bonds is 8. The van der Waals surface area contributed by atoms with Gasteiger partial charge < -0.3 is 11.1 Å². The molecule has 12 nitrogen and oxygen atoms in total. The average Bonchev–Trinajstić information content (AvgIpc) is 3.86. The largest absolute Gasteiger partial charge is 0.357 e. The molecular weight excluding hydrogens is 860 g/mol. The fraction of sp³-hybridized carbons (Fsp3) is 0.209. The van der Waals surface area contributed by atoms with Gasteiger partial charge in [-0.05, 0) is 48.2 Å². The van der Waals surface area contributed by atoms with Crippen molar-refractivity contribution in [2.45, 2.75) is 60.5 Å². The van der Waals surface area contributed by atoms with Gasteiger partial charge in [-0.1, -0.05) is 160 Å². The van der Waals surface area contributed by atoms with Crippen molar-refractivity contribution < 1.29 is 8.42 Å². The molecule has 0 fully saturated rings. The zero-order valence-electron chi connectivity index (χ0n) is 30.9. The Kier molecular flexibility index (Phi) is 17.8. The van der Waals surface area contributed by atoms with Gasteiger partial charge in [0.05, 0.1) is 27.2 Å². The number of nitrogens with one attached hydrogen (secondary N) is 1. The van der Waals surface area contributed by atoms with Crippen LogP contribution in [0.4, 0.5) is 5.13 Å². The Hall–Kier alpha value is -5.29. The van der Waals surface area contributed by atoms with Crippen molar-refractivity contribution in [2.75, 3.05) is 11.1 Å². The van der Waals surface area contributed by atoms with Crippen LogP contribution < -0.4 is 22.2 Å². The van der Waals surface area contributed by atoms with Gasteiger partial charge >= 0.3 is 0 Å². The van der Waals surface area contributed by atoms with Crippen molar-refractivity contribution in [1.29, 1.82) is 0 Å². The highest BCUT2D eigenvalue weighted by Gasteiger charge is 2.21. The van der Waals surface area contributed by atoms with Crippen LogP contribution in [-0.4, -0.2) is 43.2 Å². The lowest BCUT2D eigenvalue weighted by Gasteiger charge is -2.10. The van der Waals surface area contributed by atoms with Gasteiger partial charge in [-0.15, -0.1) is 0 Å². The number of hydrogen-bond donors (Lipinski definition) is 2. The van der Waals surface area contributed by atoms with E-state index in [0.717, 1.165) is 28.0 Å². The summed E-state index contributed by atoms with van der Waals surface area (Å²) in [6.45, 7) is 6.55. The van der Waals surface area contributed by atoms with E-state index in [9.17, 15) is 18.0 Å². The molecule has 8 aromatic rings. The molecule has 0 aliphatic heterocycles. The normalized spacial score (nSPS) is 10.6. The summed E-state index contributed by atoms with van der Waals surface area (Å²) < 4.78 is 27.3. The summed E-state index contributed by atoms with van der Waals surface area (Å²) in [7, 11) is -3.48. The maximum atomic E-state index is 12.9. The molecule has 0 radical (unpaired) electrons. The van der Waals surface area contributed by atoms with Crippen LogP contribution in [0.15, 0.2) is 124 Å². The lowest BCUT2D eigenvalue weighted by molar-refractivity contribution is 0.596. The molecule has 0 unspecified atom stereocenters. The Labute approximate surface area is 368 Å². The van der Waals surface area contributed by atoms with Gasteiger partial charge in [0.25, 0.3) is 11.1 Å². The third-order valence-electron chi connectivity index (χ3n) is 8.49. The lowest BCUT2D eigenvalue weighted by atomic mass is 10.2. The number of fused-ring (bicyclic) bond motifs is 2. The van der Waals surface area contributed by atoms with Gasteiger partial charge in [-0.25, -0.2) is 23.4 Å². The smallest absolute Gasteiger partial charge is 0.277 e. The average molecular weight is 908 g/mol. The summed E-state index contributed by atoms with van der Waals surface area (Å²) >= 11 is 14.6. The molecule has 0 saturated carbocycles. The fourth-order valence-corrected chi connectivity index (χ4v) is 9.24. The Morgan fingerprint density at radius 1 is 0.667 bits per heavy atom. The number of anilines is 1.